The molecule has 1 aromatic rings. The zero-order valence-corrected chi connectivity index (χ0v) is 11.2. The average Bonchev–Trinajstić information content (AvgIpc) is 2.15. The van der Waals surface area contributed by atoms with Gasteiger partial charge in [-0.25, -0.2) is 0 Å². The molecule has 2 nitrogen and oxygen atoms in total. The van der Waals surface area contributed by atoms with Crippen LogP contribution in [-0.4, -0.2) is 18.2 Å². The van der Waals surface area contributed by atoms with Crippen molar-refractivity contribution < 1.29 is 5.11 Å². The SMILES string of the molecule is CC(O)c1ccc(Br)cc1N(C)C(C)C. The Morgan fingerprint density at radius 1 is 1.27 bits per heavy atom. The first-order chi connectivity index (χ1) is 6.93. The van der Waals surface area contributed by atoms with Crippen LogP contribution in [0.5, 0.6) is 0 Å². The van der Waals surface area contributed by atoms with Crippen LogP contribution in [0.25, 0.3) is 0 Å². The van der Waals surface area contributed by atoms with E-state index < -0.39 is 6.10 Å². The molecule has 84 valence electrons. The van der Waals surface area contributed by atoms with Crippen molar-refractivity contribution in [3.8, 4) is 0 Å². The number of hydrogen-bond acceptors (Lipinski definition) is 2. The summed E-state index contributed by atoms with van der Waals surface area (Å²) in [5, 5.41) is 9.68. The molecule has 1 aromatic carbocycles. The molecule has 0 aliphatic carbocycles. The van der Waals surface area contributed by atoms with E-state index >= 15 is 0 Å². The predicted octanol–water partition coefficient (Wildman–Crippen LogP) is 3.35. The summed E-state index contributed by atoms with van der Waals surface area (Å²) in [7, 11) is 2.04. The van der Waals surface area contributed by atoms with E-state index in [9.17, 15) is 5.11 Å². The molecule has 0 spiro atoms. The van der Waals surface area contributed by atoms with Crippen LogP contribution in [0.3, 0.4) is 0 Å². The van der Waals surface area contributed by atoms with Crippen molar-refractivity contribution in [3.05, 3.63) is 28.2 Å². The molecule has 1 N–H and O–H groups in total. The summed E-state index contributed by atoms with van der Waals surface area (Å²) in [4.78, 5) is 2.16. The van der Waals surface area contributed by atoms with Gasteiger partial charge in [-0.3, -0.25) is 0 Å². The van der Waals surface area contributed by atoms with Crippen LogP contribution in [0.1, 0.15) is 32.4 Å². The first kappa shape index (κ1) is 12.5. The highest BCUT2D eigenvalue weighted by molar-refractivity contribution is 9.10. The van der Waals surface area contributed by atoms with E-state index in [2.05, 4.69) is 34.7 Å². The maximum absolute atomic E-state index is 9.68. The van der Waals surface area contributed by atoms with Gasteiger partial charge in [0.1, 0.15) is 0 Å². The van der Waals surface area contributed by atoms with Crippen molar-refractivity contribution in [2.24, 2.45) is 0 Å². The third-order valence-corrected chi connectivity index (χ3v) is 3.09. The zero-order chi connectivity index (χ0) is 11.6. The van der Waals surface area contributed by atoms with E-state index in [1.165, 1.54) is 0 Å². The molecule has 1 rings (SSSR count). The molecule has 15 heavy (non-hydrogen) atoms. The Bertz CT molecular complexity index is 336. The molecular formula is C12H18BrNO. The van der Waals surface area contributed by atoms with Crippen molar-refractivity contribution in [1.29, 1.82) is 0 Å². The Morgan fingerprint density at radius 3 is 2.33 bits per heavy atom. The molecule has 0 fully saturated rings. The molecule has 3 heteroatoms. The lowest BCUT2D eigenvalue weighted by Crippen LogP contribution is -2.27. The molecule has 0 amide bonds. The van der Waals surface area contributed by atoms with Crippen molar-refractivity contribution in [3.63, 3.8) is 0 Å². The lowest BCUT2D eigenvalue weighted by Gasteiger charge is -2.27. The van der Waals surface area contributed by atoms with Gasteiger partial charge in [0.25, 0.3) is 0 Å². The minimum Gasteiger partial charge on any atom is -0.389 e. The number of aliphatic hydroxyl groups is 1. The summed E-state index contributed by atoms with van der Waals surface area (Å²) in [6, 6.07) is 6.38. The van der Waals surface area contributed by atoms with Crippen molar-refractivity contribution in [2.75, 3.05) is 11.9 Å². The van der Waals surface area contributed by atoms with E-state index in [0.717, 1.165) is 15.7 Å². The van der Waals surface area contributed by atoms with E-state index in [-0.39, 0.29) is 0 Å². The Labute approximate surface area is 100 Å². The summed E-state index contributed by atoms with van der Waals surface area (Å²) in [6.07, 6.45) is -0.436. The van der Waals surface area contributed by atoms with Crippen LogP contribution in [0.2, 0.25) is 0 Å². The third kappa shape index (κ3) is 2.95. The van der Waals surface area contributed by atoms with E-state index in [0.29, 0.717) is 6.04 Å². The number of anilines is 1. The second-order valence-corrected chi connectivity index (χ2v) is 5.00. The van der Waals surface area contributed by atoms with Gasteiger partial charge in [-0.1, -0.05) is 22.0 Å². The molecule has 0 saturated heterocycles. The van der Waals surface area contributed by atoms with Crippen molar-refractivity contribution in [1.82, 2.24) is 0 Å². The molecule has 0 bridgehead atoms. The number of halogens is 1. The van der Waals surface area contributed by atoms with Crippen LogP contribution in [0.15, 0.2) is 22.7 Å². The fourth-order valence-electron chi connectivity index (χ4n) is 1.45. The number of nitrogens with zero attached hydrogens (tertiary/aromatic N) is 1. The van der Waals surface area contributed by atoms with Crippen LogP contribution < -0.4 is 4.90 Å². The van der Waals surface area contributed by atoms with Gasteiger partial charge in [-0.2, -0.15) is 0 Å². The molecule has 0 aliphatic rings. The van der Waals surface area contributed by atoms with E-state index in [1.807, 2.05) is 25.2 Å². The molecule has 0 heterocycles. The monoisotopic (exact) mass is 271 g/mol. The van der Waals surface area contributed by atoms with Gasteiger partial charge in [0.2, 0.25) is 0 Å². The van der Waals surface area contributed by atoms with E-state index in [4.69, 9.17) is 0 Å². The van der Waals surface area contributed by atoms with Gasteiger partial charge < -0.3 is 10.0 Å². The molecule has 0 aliphatic heterocycles. The number of rotatable bonds is 3. The molecule has 0 aromatic heterocycles. The predicted molar refractivity (Wildman–Crippen MR) is 68.3 cm³/mol. The van der Waals surface area contributed by atoms with Gasteiger partial charge in [0.05, 0.1) is 6.10 Å². The summed E-state index contributed by atoms with van der Waals surface area (Å²) in [5.74, 6) is 0. The van der Waals surface area contributed by atoms with E-state index in [1.54, 1.807) is 6.92 Å². The molecule has 0 saturated carbocycles. The summed E-state index contributed by atoms with van der Waals surface area (Å²) < 4.78 is 1.04. The minimum absolute atomic E-state index is 0.414. The summed E-state index contributed by atoms with van der Waals surface area (Å²) in [6.45, 7) is 6.06. The minimum atomic E-state index is -0.436. The lowest BCUT2D eigenvalue weighted by molar-refractivity contribution is 0.199. The van der Waals surface area contributed by atoms with Crippen LogP contribution >= 0.6 is 15.9 Å². The van der Waals surface area contributed by atoms with Crippen LogP contribution in [0.4, 0.5) is 5.69 Å². The number of hydrogen-bond donors (Lipinski definition) is 1. The maximum atomic E-state index is 9.68. The average molecular weight is 272 g/mol. The Morgan fingerprint density at radius 2 is 1.87 bits per heavy atom. The van der Waals surface area contributed by atoms with Gasteiger partial charge in [-0.15, -0.1) is 0 Å². The Hall–Kier alpha value is -0.540. The standard InChI is InChI=1S/C12H18BrNO/c1-8(2)14(4)12-7-10(13)5-6-11(12)9(3)15/h5-9,15H,1-4H3. The van der Waals surface area contributed by atoms with Crippen molar-refractivity contribution in [2.45, 2.75) is 32.9 Å². The summed E-state index contributed by atoms with van der Waals surface area (Å²) in [5.41, 5.74) is 2.05. The fraction of sp³-hybridized carbons (Fsp3) is 0.500. The normalized spacial score (nSPS) is 13.0. The molecular weight excluding hydrogens is 254 g/mol. The third-order valence-electron chi connectivity index (χ3n) is 2.60. The van der Waals surface area contributed by atoms with Gasteiger partial charge in [-0.05, 0) is 32.9 Å². The first-order valence-corrected chi connectivity index (χ1v) is 5.93. The lowest BCUT2D eigenvalue weighted by atomic mass is 10.1. The maximum Gasteiger partial charge on any atom is 0.0782 e. The summed E-state index contributed by atoms with van der Waals surface area (Å²) >= 11 is 3.45. The van der Waals surface area contributed by atoms with Crippen molar-refractivity contribution >= 4 is 21.6 Å². The first-order valence-electron chi connectivity index (χ1n) is 5.13. The second kappa shape index (κ2) is 4.99. The topological polar surface area (TPSA) is 23.5 Å². The fourth-order valence-corrected chi connectivity index (χ4v) is 1.80. The molecule has 0 radical (unpaired) electrons. The highest BCUT2D eigenvalue weighted by Gasteiger charge is 2.13. The van der Waals surface area contributed by atoms with Gasteiger partial charge in [0, 0.05) is 28.8 Å². The van der Waals surface area contributed by atoms with Gasteiger partial charge >= 0.3 is 0 Å². The Balaban J connectivity index is 3.18. The zero-order valence-electron chi connectivity index (χ0n) is 9.66. The number of benzene rings is 1. The largest absolute Gasteiger partial charge is 0.389 e. The van der Waals surface area contributed by atoms with Crippen LogP contribution in [0, 0.1) is 0 Å². The Kier molecular flexibility index (Phi) is 4.17. The quantitative estimate of drug-likeness (QED) is 0.912. The number of aliphatic hydroxyl groups excluding tert-OH is 1. The van der Waals surface area contributed by atoms with Crippen LogP contribution in [-0.2, 0) is 0 Å². The smallest absolute Gasteiger partial charge is 0.0782 e. The molecule has 1 atom stereocenters. The second-order valence-electron chi connectivity index (χ2n) is 4.08. The highest BCUT2D eigenvalue weighted by atomic mass is 79.9. The highest BCUT2D eigenvalue weighted by Crippen LogP contribution is 2.29. The molecule has 1 unspecified atom stereocenters. The van der Waals surface area contributed by atoms with Gasteiger partial charge in [0.15, 0.2) is 0 Å².